The lowest BCUT2D eigenvalue weighted by Gasteiger charge is -2.47. The molecule has 2 aromatic carbocycles. The van der Waals surface area contributed by atoms with E-state index in [0.29, 0.717) is 12.8 Å². The molecular weight excluding hydrogens is 528 g/mol. The Morgan fingerprint density at radius 2 is 1.68 bits per heavy atom. The molecular formula is C26H30ClF2NO6S. The first kappa shape index (κ1) is 27.9. The van der Waals surface area contributed by atoms with Crippen LogP contribution in [0.25, 0.3) is 0 Å². The second kappa shape index (κ2) is 10.2. The largest absolute Gasteiger partial charge is 0.390 e. The Morgan fingerprint density at radius 1 is 1.05 bits per heavy atom. The fourth-order valence-electron chi connectivity index (χ4n) is 5.74. The minimum absolute atomic E-state index is 0.00598. The predicted molar refractivity (Wildman–Crippen MR) is 134 cm³/mol. The van der Waals surface area contributed by atoms with Crippen molar-refractivity contribution in [1.29, 1.82) is 0 Å². The molecule has 0 heterocycles. The van der Waals surface area contributed by atoms with Gasteiger partial charge in [0.15, 0.2) is 21.5 Å². The van der Waals surface area contributed by atoms with Crippen LogP contribution >= 0.6 is 11.6 Å². The smallest absolute Gasteiger partial charge is 0.255 e. The molecule has 11 heteroatoms. The lowest BCUT2D eigenvalue weighted by molar-refractivity contribution is -0.183. The summed E-state index contributed by atoms with van der Waals surface area (Å²) in [4.78, 5) is 12.5. The van der Waals surface area contributed by atoms with E-state index in [-0.39, 0.29) is 39.9 Å². The summed E-state index contributed by atoms with van der Waals surface area (Å²) in [6.07, 6.45) is -1.39. The maximum atomic E-state index is 13.7. The zero-order valence-corrected chi connectivity index (χ0v) is 21.9. The Hall–Kier alpha value is -2.11. The van der Waals surface area contributed by atoms with Crippen LogP contribution < -0.4 is 5.32 Å². The lowest BCUT2D eigenvalue weighted by Crippen LogP contribution is -2.60. The van der Waals surface area contributed by atoms with Gasteiger partial charge in [0.05, 0.1) is 26.9 Å². The van der Waals surface area contributed by atoms with Crippen LogP contribution in [0.5, 0.6) is 0 Å². The number of hydrogen-bond acceptors (Lipinski definition) is 6. The van der Waals surface area contributed by atoms with E-state index in [4.69, 9.17) is 11.6 Å². The second-order valence-corrected chi connectivity index (χ2v) is 13.0. The number of carbonyl (C=O) groups excluding carboxylic acids is 1. The number of fused-ring (bicyclic) bond motifs is 2. The highest BCUT2D eigenvalue weighted by Crippen LogP contribution is 2.54. The lowest BCUT2D eigenvalue weighted by atomic mass is 9.69. The molecule has 37 heavy (non-hydrogen) atoms. The van der Waals surface area contributed by atoms with Gasteiger partial charge in [0.25, 0.3) is 5.91 Å². The van der Waals surface area contributed by atoms with Gasteiger partial charge in [0.2, 0.25) is 0 Å². The molecule has 2 aliphatic carbocycles. The highest BCUT2D eigenvalue weighted by molar-refractivity contribution is 7.92. The van der Waals surface area contributed by atoms with Gasteiger partial charge in [-0.2, -0.15) is 0 Å². The van der Waals surface area contributed by atoms with Gasteiger partial charge in [-0.15, -0.1) is 0 Å². The predicted octanol–water partition coefficient (Wildman–Crippen LogP) is 3.94. The maximum absolute atomic E-state index is 13.7. The summed E-state index contributed by atoms with van der Waals surface area (Å²) in [5.74, 6) is -4.31. The quantitative estimate of drug-likeness (QED) is 0.409. The van der Waals surface area contributed by atoms with Crippen molar-refractivity contribution in [1.82, 2.24) is 0 Å². The molecule has 2 fully saturated rings. The molecule has 202 valence electrons. The number of benzene rings is 2. The standard InChI is InChI=1S/C26H30ClF2NO6S/c1-13(2)23(31)24(32)26(34)15-4-5-16(26)11-18(10-15)37(35,36)22-9-14(3-7-19(22)27)25(33)30-17-6-8-20(28)21(29)12-17/h3,6-9,12-13,15-16,18,23-24,31-32,34H,4-5,10-11H2,1-2H3,(H,30,33)/t15-,16?,18-,23-,24+,26-/m0/s1. The van der Waals surface area contributed by atoms with Crippen molar-refractivity contribution in [2.24, 2.45) is 17.8 Å². The van der Waals surface area contributed by atoms with Crippen molar-refractivity contribution in [3.05, 3.63) is 58.6 Å². The molecule has 4 rings (SSSR count). The molecule has 0 saturated heterocycles. The summed E-state index contributed by atoms with van der Waals surface area (Å²) in [6, 6.07) is 6.60. The highest BCUT2D eigenvalue weighted by atomic mass is 35.5. The zero-order valence-electron chi connectivity index (χ0n) is 20.4. The number of carbonyl (C=O) groups is 1. The molecule has 0 radical (unpaired) electrons. The summed E-state index contributed by atoms with van der Waals surface area (Å²) in [7, 11) is -4.05. The summed E-state index contributed by atoms with van der Waals surface area (Å²) in [5.41, 5.74) is -1.64. The molecule has 2 aliphatic rings. The fraction of sp³-hybridized carbons (Fsp3) is 0.500. The van der Waals surface area contributed by atoms with Crippen molar-refractivity contribution in [2.45, 2.75) is 67.5 Å². The summed E-state index contributed by atoms with van der Waals surface area (Å²) in [6.45, 7) is 3.46. The van der Waals surface area contributed by atoms with Crippen molar-refractivity contribution >= 4 is 33.0 Å². The van der Waals surface area contributed by atoms with Gasteiger partial charge in [-0.25, -0.2) is 17.2 Å². The molecule has 6 atom stereocenters. The molecule has 2 bridgehead atoms. The first-order valence-electron chi connectivity index (χ1n) is 12.1. The van der Waals surface area contributed by atoms with E-state index in [2.05, 4.69) is 5.32 Å². The van der Waals surface area contributed by atoms with Crippen LogP contribution in [-0.2, 0) is 9.84 Å². The topological polar surface area (TPSA) is 124 Å². The average Bonchev–Trinajstić information content (AvgIpc) is 3.01. The first-order valence-corrected chi connectivity index (χ1v) is 14.1. The van der Waals surface area contributed by atoms with Gasteiger partial charge in [0, 0.05) is 17.3 Å². The van der Waals surface area contributed by atoms with Gasteiger partial charge in [-0.3, -0.25) is 4.79 Å². The number of amides is 1. The third-order valence-electron chi connectivity index (χ3n) is 7.86. The molecule has 0 spiro atoms. The minimum Gasteiger partial charge on any atom is -0.390 e. The van der Waals surface area contributed by atoms with Crippen molar-refractivity contribution in [3.63, 3.8) is 0 Å². The SMILES string of the molecule is CC(C)[C@H](O)[C@@H](O)[C@@]1(O)C2CC[C@H]1C[C@H](S(=O)(=O)c1cc(C(=O)Nc3ccc(F)c(F)c3)ccc1Cl)C2. The molecule has 2 aromatic rings. The van der Waals surface area contributed by atoms with Crippen LogP contribution in [0.2, 0.25) is 5.02 Å². The Labute approximate surface area is 219 Å². The number of hydrogen-bond donors (Lipinski definition) is 4. The molecule has 0 aliphatic heterocycles. The van der Waals surface area contributed by atoms with Crippen LogP contribution in [0.4, 0.5) is 14.5 Å². The van der Waals surface area contributed by atoms with E-state index >= 15 is 0 Å². The van der Waals surface area contributed by atoms with E-state index < -0.39 is 62.3 Å². The first-order chi connectivity index (χ1) is 17.3. The molecule has 1 amide bonds. The molecule has 7 nitrogen and oxygen atoms in total. The summed E-state index contributed by atoms with van der Waals surface area (Å²) < 4.78 is 54.0. The van der Waals surface area contributed by atoms with Gasteiger partial charge in [0.1, 0.15) is 6.10 Å². The van der Waals surface area contributed by atoms with Crippen molar-refractivity contribution < 1.29 is 37.3 Å². The van der Waals surface area contributed by atoms with E-state index in [1.807, 2.05) is 0 Å². The Morgan fingerprint density at radius 3 is 2.24 bits per heavy atom. The number of halogens is 3. The number of aliphatic hydroxyl groups is 3. The van der Waals surface area contributed by atoms with Crippen molar-refractivity contribution in [3.8, 4) is 0 Å². The monoisotopic (exact) mass is 557 g/mol. The molecule has 2 saturated carbocycles. The second-order valence-electron chi connectivity index (χ2n) is 10.4. The third-order valence-corrected chi connectivity index (χ3v) is 10.5. The highest BCUT2D eigenvalue weighted by Gasteiger charge is 2.60. The van der Waals surface area contributed by atoms with E-state index in [9.17, 15) is 37.3 Å². The molecule has 1 unspecified atom stereocenters. The Bertz CT molecular complexity index is 1290. The van der Waals surface area contributed by atoms with Gasteiger partial charge in [-0.05, 0) is 73.8 Å². The number of anilines is 1. The summed E-state index contributed by atoms with van der Waals surface area (Å²) in [5, 5.41) is 34.1. The van der Waals surface area contributed by atoms with Crippen LogP contribution in [0.15, 0.2) is 41.3 Å². The van der Waals surface area contributed by atoms with E-state index in [1.54, 1.807) is 13.8 Å². The van der Waals surface area contributed by atoms with E-state index in [1.165, 1.54) is 18.2 Å². The molecule has 0 aromatic heterocycles. The van der Waals surface area contributed by atoms with Crippen LogP contribution in [0.3, 0.4) is 0 Å². The van der Waals surface area contributed by atoms with E-state index in [0.717, 1.165) is 18.2 Å². The number of aliphatic hydroxyl groups excluding tert-OH is 2. The van der Waals surface area contributed by atoms with Crippen molar-refractivity contribution in [2.75, 3.05) is 5.32 Å². The molecule has 4 N–H and O–H groups in total. The van der Waals surface area contributed by atoms with Gasteiger partial charge < -0.3 is 20.6 Å². The minimum atomic E-state index is -4.05. The van der Waals surface area contributed by atoms with Crippen LogP contribution in [-0.4, -0.2) is 52.7 Å². The van der Waals surface area contributed by atoms with Gasteiger partial charge in [-0.1, -0.05) is 25.4 Å². The maximum Gasteiger partial charge on any atom is 0.255 e. The average molecular weight is 558 g/mol. The number of sulfone groups is 1. The Balaban J connectivity index is 1.58. The Kier molecular flexibility index (Phi) is 7.71. The third kappa shape index (κ3) is 5.02. The number of rotatable bonds is 7. The normalized spacial score (nSPS) is 27.2. The van der Waals surface area contributed by atoms with Gasteiger partial charge >= 0.3 is 0 Å². The fourth-order valence-corrected chi connectivity index (χ4v) is 8.14. The summed E-state index contributed by atoms with van der Waals surface area (Å²) >= 11 is 6.25. The number of nitrogens with one attached hydrogen (secondary N) is 1. The van der Waals surface area contributed by atoms with Crippen LogP contribution in [0.1, 0.15) is 49.9 Å². The van der Waals surface area contributed by atoms with Crippen LogP contribution in [0, 0.1) is 29.4 Å². The zero-order chi connectivity index (χ0) is 27.3.